The summed E-state index contributed by atoms with van der Waals surface area (Å²) in [5.41, 5.74) is -4.62. The summed E-state index contributed by atoms with van der Waals surface area (Å²) >= 11 is -0.259. The molecule has 0 N–H and O–H groups in total. The Labute approximate surface area is 173 Å². The Morgan fingerprint density at radius 2 is 1.79 bits per heavy atom. The molecular weight excluding hydrogens is 510 g/mol. The number of alkyl halides is 3. The van der Waals surface area contributed by atoms with Crippen molar-refractivity contribution in [2.75, 3.05) is 14.1 Å². The highest BCUT2D eigenvalue weighted by Crippen LogP contribution is 2.23. The number of rotatable bonds is 4. The van der Waals surface area contributed by atoms with Crippen LogP contribution in [0.4, 0.5) is 13.2 Å². The van der Waals surface area contributed by atoms with E-state index in [0.29, 0.717) is 5.92 Å². The van der Waals surface area contributed by atoms with Gasteiger partial charge in [0.1, 0.15) is 0 Å². The van der Waals surface area contributed by atoms with E-state index < -0.39 is 15.6 Å². The Kier molecular flexibility index (Phi) is 9.15. The molecule has 1 aliphatic carbocycles. The van der Waals surface area contributed by atoms with Gasteiger partial charge in [0.2, 0.25) is 0 Å². The van der Waals surface area contributed by atoms with Crippen molar-refractivity contribution < 1.29 is 52.1 Å². The molecule has 0 aromatic heterocycles. The molecule has 0 spiro atoms. The van der Waals surface area contributed by atoms with E-state index in [4.69, 9.17) is 13.0 Å². The lowest BCUT2D eigenvalue weighted by Crippen LogP contribution is -3.61. The first-order chi connectivity index (χ1) is 12.9. The number of allylic oxidation sites excluding steroid dienone is 3. The van der Waals surface area contributed by atoms with Gasteiger partial charge in [-0.15, -0.1) is 0 Å². The van der Waals surface area contributed by atoms with Crippen molar-refractivity contribution in [1.29, 1.82) is 0 Å². The Morgan fingerprint density at radius 3 is 2.21 bits per heavy atom. The van der Waals surface area contributed by atoms with Gasteiger partial charge in [0.25, 0.3) is 5.91 Å². The summed E-state index contributed by atoms with van der Waals surface area (Å²) in [7, 11) is -2.41. The highest BCUT2D eigenvalue weighted by atomic mass is 127. The van der Waals surface area contributed by atoms with E-state index in [2.05, 4.69) is 43.3 Å². The number of amides is 1. The molecule has 28 heavy (non-hydrogen) atoms. The lowest BCUT2D eigenvalue weighted by atomic mass is 9.94. The van der Waals surface area contributed by atoms with Crippen molar-refractivity contribution in [3.05, 3.63) is 55.2 Å². The molecular formula is C18H21F3INO4S. The smallest absolute Gasteiger partial charge is 0.485 e. The van der Waals surface area contributed by atoms with Crippen LogP contribution >= 0.6 is 0 Å². The monoisotopic (exact) mass is 531 g/mol. The van der Waals surface area contributed by atoms with Crippen LogP contribution in [-0.4, -0.2) is 43.4 Å². The van der Waals surface area contributed by atoms with Gasteiger partial charge in [0.15, 0.2) is 17.3 Å². The van der Waals surface area contributed by atoms with Crippen LogP contribution in [0.5, 0.6) is 0 Å². The normalized spacial score (nSPS) is 17.0. The Bertz CT molecular complexity index is 834. The summed E-state index contributed by atoms with van der Waals surface area (Å²) in [6.45, 7) is 2.20. The minimum atomic E-state index is -6.09. The zero-order chi connectivity index (χ0) is 21.5. The molecule has 0 bridgehead atoms. The SMILES string of the molecule is CCC1C=CCC(C(=O)N(C)C)=C1[I+]c1ccccc1.O=S(=O)([O-])C(F)(F)F. The highest BCUT2D eigenvalue weighted by Gasteiger charge is 2.37. The molecule has 2 rings (SSSR count). The molecule has 0 radical (unpaired) electrons. The maximum Gasteiger partial charge on any atom is 0.485 e. The van der Waals surface area contributed by atoms with Crippen LogP contribution in [0.2, 0.25) is 0 Å². The summed E-state index contributed by atoms with van der Waals surface area (Å²) in [6, 6.07) is 10.6. The summed E-state index contributed by atoms with van der Waals surface area (Å²) < 4.78 is 61.7. The topological polar surface area (TPSA) is 77.5 Å². The van der Waals surface area contributed by atoms with Gasteiger partial charge in [-0.1, -0.05) is 37.3 Å². The van der Waals surface area contributed by atoms with Crippen molar-refractivity contribution in [2.45, 2.75) is 25.3 Å². The van der Waals surface area contributed by atoms with Crippen molar-refractivity contribution in [3.8, 4) is 0 Å². The predicted octanol–water partition coefficient (Wildman–Crippen LogP) is 0.325. The third-order valence-corrected chi connectivity index (χ3v) is 7.58. The zero-order valence-electron chi connectivity index (χ0n) is 15.5. The fourth-order valence-corrected chi connectivity index (χ4v) is 5.52. The minimum absolute atomic E-state index is 0.179. The van der Waals surface area contributed by atoms with Gasteiger partial charge in [-0.05, 0) is 25.0 Å². The molecule has 5 nitrogen and oxygen atoms in total. The van der Waals surface area contributed by atoms with Crippen LogP contribution in [0.25, 0.3) is 0 Å². The lowest BCUT2D eigenvalue weighted by molar-refractivity contribution is -0.583. The molecule has 0 saturated heterocycles. The predicted molar refractivity (Wildman–Crippen MR) is 94.1 cm³/mol. The van der Waals surface area contributed by atoms with Crippen LogP contribution in [0.1, 0.15) is 19.8 Å². The van der Waals surface area contributed by atoms with Crippen LogP contribution in [0, 0.1) is 9.49 Å². The van der Waals surface area contributed by atoms with Gasteiger partial charge in [-0.2, -0.15) is 13.2 Å². The number of halogens is 4. The maximum atomic E-state index is 12.4. The second kappa shape index (κ2) is 10.4. The molecule has 1 amide bonds. The standard InChI is InChI=1S/C17H21INO.CHF3O3S/c1-4-13-9-8-12-15(17(20)19(2)3)16(13)18-14-10-6-5-7-11-14;2-1(3,4)8(5,6)7/h5-11,13H,4,12H2,1-3H3;(H,5,6,7)/q+1;/p-1. The number of benzene rings is 1. The third kappa shape index (κ3) is 7.21. The highest BCUT2D eigenvalue weighted by molar-refractivity contribution is 7.86. The Morgan fingerprint density at radius 1 is 1.25 bits per heavy atom. The van der Waals surface area contributed by atoms with Gasteiger partial charge < -0.3 is 9.45 Å². The average Bonchev–Trinajstić information content (AvgIpc) is 2.61. The summed E-state index contributed by atoms with van der Waals surface area (Å²) in [4.78, 5) is 14.1. The van der Waals surface area contributed by atoms with Gasteiger partial charge in [-0.25, -0.2) is 8.42 Å². The molecule has 0 heterocycles. The summed E-state index contributed by atoms with van der Waals surface area (Å²) in [5.74, 6) is 0.620. The molecule has 1 aliphatic rings. The number of carbonyl (C=O) groups is 1. The van der Waals surface area contributed by atoms with E-state index in [0.717, 1.165) is 18.4 Å². The van der Waals surface area contributed by atoms with Crippen molar-refractivity contribution in [2.24, 2.45) is 5.92 Å². The first-order valence-corrected chi connectivity index (χ1v) is 11.8. The molecule has 0 saturated carbocycles. The first-order valence-electron chi connectivity index (χ1n) is 8.21. The molecule has 0 aliphatic heterocycles. The largest absolute Gasteiger partial charge is 0.741 e. The van der Waals surface area contributed by atoms with E-state index >= 15 is 0 Å². The average molecular weight is 531 g/mol. The van der Waals surface area contributed by atoms with E-state index in [9.17, 15) is 18.0 Å². The van der Waals surface area contributed by atoms with Crippen molar-refractivity contribution >= 4 is 16.0 Å². The summed E-state index contributed by atoms with van der Waals surface area (Å²) in [6.07, 6.45) is 6.30. The van der Waals surface area contributed by atoms with Gasteiger partial charge in [0.05, 0.1) is 5.57 Å². The number of likely N-dealkylation sites (N-methyl/N-ethyl adjacent to an activating group) is 1. The lowest BCUT2D eigenvalue weighted by Gasteiger charge is -2.18. The minimum Gasteiger partial charge on any atom is -0.741 e. The quantitative estimate of drug-likeness (QED) is 0.243. The number of hydrogen-bond donors (Lipinski definition) is 0. The molecule has 1 unspecified atom stereocenters. The van der Waals surface area contributed by atoms with Crippen LogP contribution < -0.4 is 21.2 Å². The van der Waals surface area contributed by atoms with Crippen molar-refractivity contribution in [3.63, 3.8) is 0 Å². The molecule has 0 fully saturated rings. The second-order valence-corrected chi connectivity index (χ2v) is 10.3. The fraction of sp³-hybridized carbons (Fsp3) is 0.389. The molecule has 1 aromatic rings. The van der Waals surface area contributed by atoms with Crippen molar-refractivity contribution in [1.82, 2.24) is 4.90 Å². The van der Waals surface area contributed by atoms with Crippen LogP contribution in [0.3, 0.4) is 0 Å². The van der Waals surface area contributed by atoms with Crippen LogP contribution in [0.15, 0.2) is 51.6 Å². The van der Waals surface area contributed by atoms with Gasteiger partial charge >= 0.3 is 26.7 Å². The van der Waals surface area contributed by atoms with Crippen LogP contribution in [-0.2, 0) is 14.9 Å². The first kappa shape index (κ1) is 24.6. The van der Waals surface area contributed by atoms with E-state index in [1.54, 1.807) is 4.90 Å². The fourth-order valence-electron chi connectivity index (χ4n) is 2.25. The summed E-state index contributed by atoms with van der Waals surface area (Å²) in [5, 5.41) is 0. The number of nitrogens with zero attached hydrogens (tertiary/aromatic N) is 1. The van der Waals surface area contributed by atoms with Gasteiger partial charge in [-0.3, -0.25) is 4.79 Å². The van der Waals surface area contributed by atoms with E-state index in [-0.39, 0.29) is 27.1 Å². The Balaban J connectivity index is 0.000000416. The molecule has 1 atom stereocenters. The van der Waals surface area contributed by atoms with E-state index in [1.165, 1.54) is 7.15 Å². The molecule has 1 aromatic carbocycles. The third-order valence-electron chi connectivity index (χ3n) is 3.64. The molecule has 10 heteroatoms. The number of hydrogen-bond acceptors (Lipinski definition) is 4. The van der Waals surface area contributed by atoms with E-state index in [1.807, 2.05) is 20.2 Å². The number of carbonyl (C=O) groups excluding carboxylic acids is 1. The Hall–Kier alpha value is -1.40. The molecule has 156 valence electrons. The second-order valence-electron chi connectivity index (χ2n) is 5.96. The van der Waals surface area contributed by atoms with Gasteiger partial charge in [0, 0.05) is 20.0 Å². The zero-order valence-corrected chi connectivity index (χ0v) is 18.5. The maximum absolute atomic E-state index is 12.4.